The predicted octanol–water partition coefficient (Wildman–Crippen LogP) is 3.39. The summed E-state index contributed by atoms with van der Waals surface area (Å²) in [7, 11) is 0. The van der Waals surface area contributed by atoms with Crippen molar-refractivity contribution in [1.29, 1.82) is 0 Å². The van der Waals surface area contributed by atoms with Crippen molar-refractivity contribution in [2.75, 3.05) is 39.6 Å². The zero-order chi connectivity index (χ0) is 25.6. The Bertz CT molecular complexity index is 1380. The van der Waals surface area contributed by atoms with Crippen LogP contribution in [0.4, 0.5) is 0 Å². The van der Waals surface area contributed by atoms with Crippen molar-refractivity contribution in [2.45, 2.75) is 24.7 Å². The average Bonchev–Trinajstić information content (AvgIpc) is 3.79. The maximum atomic E-state index is 13.3. The quantitative estimate of drug-likeness (QED) is 0.281. The average molecular weight is 515 g/mol. The number of benzene rings is 3. The number of ether oxygens (including phenoxy) is 6. The normalized spacial score (nSPS) is 22.4. The third-order valence-electron chi connectivity index (χ3n) is 7.00. The molecular formula is C30H26O8. The molecule has 7 rings (SSSR count). The Morgan fingerprint density at radius 2 is 1.13 bits per heavy atom. The SMILES string of the molecule is O=C1c2ccccc2C(=O)c2cc(Cc3c(OCC4CO4)cc(OCC4CO4)cc3OCC3CO3)ccc21. The van der Waals surface area contributed by atoms with Crippen molar-refractivity contribution in [3.05, 3.63) is 88.0 Å². The van der Waals surface area contributed by atoms with E-state index in [1.165, 1.54) is 0 Å². The third-order valence-corrected chi connectivity index (χ3v) is 7.00. The van der Waals surface area contributed by atoms with Crippen LogP contribution in [0.3, 0.4) is 0 Å². The van der Waals surface area contributed by atoms with Crippen molar-refractivity contribution in [3.63, 3.8) is 0 Å². The maximum absolute atomic E-state index is 13.3. The highest BCUT2D eigenvalue weighted by atomic mass is 16.6. The van der Waals surface area contributed by atoms with Crippen LogP contribution in [0, 0.1) is 0 Å². The van der Waals surface area contributed by atoms with Crippen LogP contribution in [0.25, 0.3) is 0 Å². The number of hydrogen-bond donors (Lipinski definition) is 0. The molecular weight excluding hydrogens is 488 g/mol. The summed E-state index contributed by atoms with van der Waals surface area (Å²) in [6.45, 7) is 3.35. The van der Waals surface area contributed by atoms with E-state index in [1.54, 1.807) is 30.3 Å². The van der Waals surface area contributed by atoms with Crippen molar-refractivity contribution < 1.29 is 38.0 Å². The van der Waals surface area contributed by atoms with Crippen molar-refractivity contribution in [1.82, 2.24) is 0 Å². The molecule has 0 radical (unpaired) electrons. The first kappa shape index (κ1) is 23.4. The van der Waals surface area contributed by atoms with Gasteiger partial charge in [0.05, 0.1) is 19.8 Å². The van der Waals surface area contributed by atoms with Crippen LogP contribution < -0.4 is 14.2 Å². The van der Waals surface area contributed by atoms with Crippen LogP contribution in [0.15, 0.2) is 54.6 Å². The van der Waals surface area contributed by atoms with E-state index in [0.717, 1.165) is 11.1 Å². The lowest BCUT2D eigenvalue weighted by Crippen LogP contribution is -2.21. The van der Waals surface area contributed by atoms with E-state index < -0.39 is 0 Å². The molecule has 0 spiro atoms. The fraction of sp³-hybridized carbons (Fsp3) is 0.333. The Balaban J connectivity index is 1.23. The van der Waals surface area contributed by atoms with Crippen molar-refractivity contribution in [3.8, 4) is 17.2 Å². The summed E-state index contributed by atoms with van der Waals surface area (Å²) in [5.74, 6) is 1.61. The topological polar surface area (TPSA) is 99.4 Å². The molecule has 0 amide bonds. The van der Waals surface area contributed by atoms with Crippen LogP contribution in [0.1, 0.15) is 43.0 Å². The molecule has 4 aliphatic rings. The molecule has 3 unspecified atom stereocenters. The van der Waals surface area contributed by atoms with Gasteiger partial charge in [0.2, 0.25) is 0 Å². The highest BCUT2D eigenvalue weighted by Crippen LogP contribution is 2.38. The summed E-state index contributed by atoms with van der Waals surface area (Å²) in [4.78, 5) is 26.3. The lowest BCUT2D eigenvalue weighted by atomic mass is 9.83. The second-order valence-electron chi connectivity index (χ2n) is 9.96. The molecule has 3 fully saturated rings. The Hall–Kier alpha value is -3.72. The van der Waals surface area contributed by atoms with E-state index in [4.69, 9.17) is 28.4 Å². The molecule has 1 aliphatic carbocycles. The summed E-state index contributed by atoms with van der Waals surface area (Å²) in [6.07, 6.45) is 0.696. The summed E-state index contributed by atoms with van der Waals surface area (Å²) < 4.78 is 34.3. The van der Waals surface area contributed by atoms with Gasteiger partial charge in [0.25, 0.3) is 0 Å². The first-order valence-corrected chi connectivity index (χ1v) is 12.8. The van der Waals surface area contributed by atoms with E-state index in [-0.39, 0.29) is 29.9 Å². The number of fused-ring (bicyclic) bond motifs is 2. The molecule has 0 N–H and O–H groups in total. The Labute approximate surface area is 219 Å². The molecule has 38 heavy (non-hydrogen) atoms. The molecule has 3 aromatic rings. The molecule has 0 aromatic heterocycles. The fourth-order valence-corrected chi connectivity index (χ4v) is 4.62. The van der Waals surface area contributed by atoms with Crippen LogP contribution in [0.5, 0.6) is 17.2 Å². The zero-order valence-electron chi connectivity index (χ0n) is 20.6. The highest BCUT2D eigenvalue weighted by Gasteiger charge is 2.31. The Morgan fingerprint density at radius 1 is 0.632 bits per heavy atom. The van der Waals surface area contributed by atoms with Gasteiger partial charge in [-0.3, -0.25) is 9.59 Å². The van der Waals surface area contributed by atoms with Crippen molar-refractivity contribution in [2.24, 2.45) is 0 Å². The number of hydrogen-bond acceptors (Lipinski definition) is 8. The van der Waals surface area contributed by atoms with Crippen molar-refractivity contribution >= 4 is 11.6 Å². The molecule has 3 aromatic carbocycles. The van der Waals surface area contributed by atoms with E-state index in [0.29, 0.717) is 85.6 Å². The fourth-order valence-electron chi connectivity index (χ4n) is 4.62. The number of carbonyl (C=O) groups is 2. The first-order chi connectivity index (χ1) is 18.6. The lowest BCUT2D eigenvalue weighted by Gasteiger charge is -2.20. The number of rotatable bonds is 11. The molecule has 8 nitrogen and oxygen atoms in total. The van der Waals surface area contributed by atoms with E-state index in [9.17, 15) is 9.59 Å². The Kier molecular flexibility index (Phi) is 5.88. The van der Waals surface area contributed by atoms with Gasteiger partial charge in [0.15, 0.2) is 11.6 Å². The molecule has 3 aliphatic heterocycles. The standard InChI is InChI=1S/C30H26O8/c31-29-22-3-1-2-4-23(22)30(32)25-7-17(5-6-24(25)29)8-26-27(37-15-20-13-35-20)9-18(33-11-19-12-34-19)10-28(26)38-16-21-14-36-21/h1-7,9-10,19-21H,8,11-16H2. The zero-order valence-corrected chi connectivity index (χ0v) is 20.6. The molecule has 0 saturated carbocycles. The summed E-state index contributed by atoms with van der Waals surface area (Å²) in [6, 6.07) is 16.1. The van der Waals surface area contributed by atoms with Gasteiger partial charge in [-0.2, -0.15) is 0 Å². The van der Waals surface area contributed by atoms with E-state index in [2.05, 4.69) is 0 Å². The molecule has 3 heterocycles. The molecule has 3 saturated heterocycles. The van der Waals surface area contributed by atoms with E-state index in [1.807, 2.05) is 24.3 Å². The molecule has 3 atom stereocenters. The van der Waals surface area contributed by atoms with Gasteiger partial charge in [0.1, 0.15) is 55.4 Å². The van der Waals surface area contributed by atoms with Gasteiger partial charge >= 0.3 is 0 Å². The lowest BCUT2D eigenvalue weighted by molar-refractivity contribution is 0.0979. The maximum Gasteiger partial charge on any atom is 0.194 e. The van der Waals surface area contributed by atoms with E-state index >= 15 is 0 Å². The number of epoxide rings is 3. The highest BCUT2D eigenvalue weighted by molar-refractivity contribution is 6.28. The largest absolute Gasteiger partial charge is 0.491 e. The van der Waals surface area contributed by atoms with Gasteiger partial charge in [-0.25, -0.2) is 0 Å². The minimum Gasteiger partial charge on any atom is -0.491 e. The van der Waals surface area contributed by atoms with Gasteiger partial charge in [-0.15, -0.1) is 0 Å². The van der Waals surface area contributed by atoms with Crippen LogP contribution in [-0.4, -0.2) is 69.5 Å². The smallest absolute Gasteiger partial charge is 0.194 e. The first-order valence-electron chi connectivity index (χ1n) is 12.8. The van der Waals surface area contributed by atoms with Crippen LogP contribution in [0.2, 0.25) is 0 Å². The Morgan fingerprint density at radius 3 is 1.68 bits per heavy atom. The van der Waals surface area contributed by atoms with Gasteiger partial charge in [-0.05, 0) is 11.6 Å². The molecule has 194 valence electrons. The van der Waals surface area contributed by atoms with Gasteiger partial charge < -0.3 is 28.4 Å². The van der Waals surface area contributed by atoms with Gasteiger partial charge in [0, 0.05) is 46.4 Å². The minimum atomic E-state index is -0.146. The second-order valence-corrected chi connectivity index (χ2v) is 9.96. The van der Waals surface area contributed by atoms with Gasteiger partial charge in [-0.1, -0.05) is 36.4 Å². The van der Waals surface area contributed by atoms with Crippen LogP contribution in [-0.2, 0) is 20.6 Å². The monoisotopic (exact) mass is 514 g/mol. The summed E-state index contributed by atoms with van der Waals surface area (Å²) in [5.41, 5.74) is 3.42. The minimum absolute atomic E-state index is 0.0731. The predicted molar refractivity (Wildman–Crippen MR) is 135 cm³/mol. The number of ketones is 2. The molecule has 8 heteroatoms. The second kappa shape index (κ2) is 9.54. The summed E-state index contributed by atoms with van der Waals surface area (Å²) in [5, 5.41) is 0. The number of carbonyl (C=O) groups excluding carboxylic acids is 2. The molecule has 0 bridgehead atoms. The third kappa shape index (κ3) is 4.90. The van der Waals surface area contributed by atoms with Crippen LogP contribution >= 0.6 is 0 Å². The summed E-state index contributed by atoms with van der Waals surface area (Å²) >= 11 is 0.